The Bertz CT molecular complexity index is 514. The number of nitrogens with zero attached hydrogens (tertiary/aromatic N) is 2. The van der Waals surface area contributed by atoms with Crippen LogP contribution in [0.4, 0.5) is 5.69 Å². The van der Waals surface area contributed by atoms with Crippen LogP contribution >= 0.6 is 27.5 Å². The van der Waals surface area contributed by atoms with Crippen LogP contribution in [-0.2, 0) is 0 Å². The molecule has 0 atom stereocenters. The number of halogens is 2. The van der Waals surface area contributed by atoms with E-state index in [1.54, 1.807) is 18.2 Å². The molecule has 0 bridgehead atoms. The van der Waals surface area contributed by atoms with Crippen molar-refractivity contribution in [3.8, 4) is 0 Å². The van der Waals surface area contributed by atoms with Crippen LogP contribution in [0.5, 0.6) is 0 Å². The second-order valence-electron chi connectivity index (χ2n) is 2.91. The van der Waals surface area contributed by atoms with Gasteiger partial charge in [0.1, 0.15) is 6.33 Å². The van der Waals surface area contributed by atoms with Gasteiger partial charge in [0.2, 0.25) is 5.82 Å². The third-order valence-electron chi connectivity index (χ3n) is 1.81. The molecule has 16 heavy (non-hydrogen) atoms. The third kappa shape index (κ3) is 2.40. The summed E-state index contributed by atoms with van der Waals surface area (Å²) in [6, 6.07) is 5.17. The molecule has 0 saturated heterocycles. The van der Waals surface area contributed by atoms with Crippen LogP contribution in [0.15, 0.2) is 29.0 Å². The van der Waals surface area contributed by atoms with Crippen LogP contribution in [0.2, 0.25) is 5.02 Å². The maximum absolute atomic E-state index is 11.6. The molecule has 0 saturated carbocycles. The SMILES string of the molecule is O=C(Nc1cc(Br)ccc1Cl)c1ncn[nH]1. The maximum atomic E-state index is 11.6. The lowest BCUT2D eigenvalue weighted by atomic mass is 10.3. The standard InChI is InChI=1S/C9H6BrClN4O/c10-5-1-2-6(11)7(3-5)14-9(16)8-12-4-13-15-8/h1-4H,(H,14,16)(H,12,13,15). The van der Waals surface area contributed by atoms with E-state index in [9.17, 15) is 4.79 Å². The number of aromatic nitrogens is 3. The zero-order valence-electron chi connectivity index (χ0n) is 7.87. The van der Waals surface area contributed by atoms with Gasteiger partial charge in [-0.1, -0.05) is 27.5 Å². The van der Waals surface area contributed by atoms with Gasteiger partial charge in [0.25, 0.3) is 5.91 Å². The fourth-order valence-corrected chi connectivity index (χ4v) is 1.62. The smallest absolute Gasteiger partial charge is 0.293 e. The molecule has 1 aromatic heterocycles. The van der Waals surface area contributed by atoms with Gasteiger partial charge in [0, 0.05) is 4.47 Å². The summed E-state index contributed by atoms with van der Waals surface area (Å²) in [5, 5.41) is 9.12. The molecule has 1 amide bonds. The predicted octanol–water partition coefficient (Wildman–Crippen LogP) is 2.47. The van der Waals surface area contributed by atoms with Crippen LogP contribution in [0.25, 0.3) is 0 Å². The van der Waals surface area contributed by atoms with Crippen LogP contribution in [0.1, 0.15) is 10.6 Å². The van der Waals surface area contributed by atoms with E-state index in [1.807, 2.05) is 0 Å². The highest BCUT2D eigenvalue weighted by molar-refractivity contribution is 9.10. The second kappa shape index (κ2) is 4.63. The van der Waals surface area contributed by atoms with Crippen molar-refractivity contribution in [1.29, 1.82) is 0 Å². The first-order chi connectivity index (χ1) is 7.66. The highest BCUT2D eigenvalue weighted by atomic mass is 79.9. The molecule has 2 N–H and O–H groups in total. The number of anilines is 1. The lowest BCUT2D eigenvalue weighted by Gasteiger charge is -2.05. The topological polar surface area (TPSA) is 70.7 Å². The van der Waals surface area contributed by atoms with E-state index in [-0.39, 0.29) is 5.82 Å². The lowest BCUT2D eigenvalue weighted by Crippen LogP contribution is -2.14. The molecular formula is C9H6BrClN4O. The predicted molar refractivity (Wildman–Crippen MR) is 63.5 cm³/mol. The average Bonchev–Trinajstić information content (AvgIpc) is 2.76. The number of hydrogen-bond acceptors (Lipinski definition) is 3. The molecule has 0 radical (unpaired) electrons. The molecule has 5 nitrogen and oxygen atoms in total. The number of H-pyrrole nitrogens is 1. The molecule has 2 rings (SSSR count). The highest BCUT2D eigenvalue weighted by Crippen LogP contribution is 2.25. The molecule has 7 heteroatoms. The summed E-state index contributed by atoms with van der Waals surface area (Å²) in [5.41, 5.74) is 0.512. The summed E-state index contributed by atoms with van der Waals surface area (Å²) in [6.07, 6.45) is 1.26. The van der Waals surface area contributed by atoms with E-state index < -0.39 is 5.91 Å². The van der Waals surface area contributed by atoms with Gasteiger partial charge < -0.3 is 5.32 Å². The second-order valence-corrected chi connectivity index (χ2v) is 4.24. The van der Waals surface area contributed by atoms with E-state index in [1.165, 1.54) is 6.33 Å². The Morgan fingerprint density at radius 2 is 2.31 bits per heavy atom. The highest BCUT2D eigenvalue weighted by Gasteiger charge is 2.10. The van der Waals surface area contributed by atoms with Gasteiger partial charge in [-0.3, -0.25) is 9.89 Å². The van der Waals surface area contributed by atoms with Crippen molar-refractivity contribution in [2.45, 2.75) is 0 Å². The van der Waals surface area contributed by atoms with Crippen LogP contribution in [0.3, 0.4) is 0 Å². The van der Waals surface area contributed by atoms with E-state index in [4.69, 9.17) is 11.6 Å². The zero-order chi connectivity index (χ0) is 11.5. The lowest BCUT2D eigenvalue weighted by molar-refractivity contribution is 0.101. The van der Waals surface area contributed by atoms with E-state index in [0.29, 0.717) is 10.7 Å². The van der Waals surface area contributed by atoms with Crippen LogP contribution in [0, 0.1) is 0 Å². The molecule has 2 aromatic rings. The summed E-state index contributed by atoms with van der Waals surface area (Å²) in [7, 11) is 0. The Morgan fingerprint density at radius 1 is 1.50 bits per heavy atom. The Kier molecular flexibility index (Phi) is 3.21. The first-order valence-corrected chi connectivity index (χ1v) is 5.45. The number of aromatic amines is 1. The quantitative estimate of drug-likeness (QED) is 0.895. The molecule has 1 aromatic carbocycles. The van der Waals surface area contributed by atoms with Gasteiger partial charge in [-0.25, -0.2) is 4.98 Å². The Balaban J connectivity index is 2.21. The van der Waals surface area contributed by atoms with Crippen molar-refractivity contribution >= 4 is 39.1 Å². The van der Waals surface area contributed by atoms with Crippen molar-refractivity contribution in [3.63, 3.8) is 0 Å². The van der Waals surface area contributed by atoms with Crippen molar-refractivity contribution in [2.24, 2.45) is 0 Å². The Labute approximate surface area is 104 Å². The minimum Gasteiger partial charge on any atom is -0.318 e. The Hall–Kier alpha value is -1.40. The molecule has 0 spiro atoms. The van der Waals surface area contributed by atoms with Crippen LogP contribution in [-0.4, -0.2) is 21.1 Å². The molecule has 0 fully saturated rings. The van der Waals surface area contributed by atoms with E-state index in [0.717, 1.165) is 4.47 Å². The van der Waals surface area contributed by atoms with Crippen LogP contribution < -0.4 is 5.32 Å². The number of rotatable bonds is 2. The molecular weight excluding hydrogens is 295 g/mol. The number of benzene rings is 1. The monoisotopic (exact) mass is 300 g/mol. The summed E-state index contributed by atoms with van der Waals surface area (Å²) < 4.78 is 0.824. The molecule has 0 aliphatic heterocycles. The minimum atomic E-state index is -0.391. The van der Waals surface area contributed by atoms with Gasteiger partial charge in [-0.2, -0.15) is 5.10 Å². The third-order valence-corrected chi connectivity index (χ3v) is 2.63. The minimum absolute atomic E-state index is 0.135. The Morgan fingerprint density at radius 3 is 3.00 bits per heavy atom. The van der Waals surface area contributed by atoms with E-state index >= 15 is 0 Å². The summed E-state index contributed by atoms with van der Waals surface area (Å²) >= 11 is 9.21. The summed E-state index contributed by atoms with van der Waals surface area (Å²) in [5.74, 6) is -0.256. The molecule has 0 aliphatic carbocycles. The molecule has 82 valence electrons. The largest absolute Gasteiger partial charge is 0.318 e. The number of nitrogens with one attached hydrogen (secondary N) is 2. The van der Waals surface area contributed by atoms with Crippen molar-refractivity contribution in [1.82, 2.24) is 15.2 Å². The normalized spacial score (nSPS) is 10.1. The fraction of sp³-hybridized carbons (Fsp3) is 0. The van der Waals surface area contributed by atoms with Crippen molar-refractivity contribution < 1.29 is 4.79 Å². The van der Waals surface area contributed by atoms with Gasteiger partial charge >= 0.3 is 0 Å². The molecule has 0 unspecified atom stereocenters. The first kappa shape index (κ1) is 11.1. The zero-order valence-corrected chi connectivity index (χ0v) is 10.2. The molecule has 1 heterocycles. The van der Waals surface area contributed by atoms with Crippen molar-refractivity contribution in [2.75, 3.05) is 5.32 Å². The average molecular weight is 302 g/mol. The van der Waals surface area contributed by atoms with Crippen molar-refractivity contribution in [3.05, 3.63) is 39.8 Å². The van der Waals surface area contributed by atoms with Gasteiger partial charge in [-0.15, -0.1) is 0 Å². The van der Waals surface area contributed by atoms with Gasteiger partial charge in [-0.05, 0) is 18.2 Å². The summed E-state index contributed by atoms with van der Waals surface area (Å²) in [4.78, 5) is 15.4. The number of carbonyl (C=O) groups is 1. The van der Waals surface area contributed by atoms with Gasteiger partial charge in [0.15, 0.2) is 0 Å². The number of amides is 1. The van der Waals surface area contributed by atoms with Gasteiger partial charge in [0.05, 0.1) is 10.7 Å². The fourth-order valence-electron chi connectivity index (χ4n) is 1.09. The van der Waals surface area contributed by atoms with E-state index in [2.05, 4.69) is 36.4 Å². The first-order valence-electron chi connectivity index (χ1n) is 4.28. The number of carbonyl (C=O) groups excluding carboxylic acids is 1. The molecule has 0 aliphatic rings. The summed E-state index contributed by atoms with van der Waals surface area (Å²) in [6.45, 7) is 0. The maximum Gasteiger partial charge on any atom is 0.293 e. The number of hydrogen-bond donors (Lipinski definition) is 2.